The summed E-state index contributed by atoms with van der Waals surface area (Å²) in [6.45, 7) is 0.398. The van der Waals surface area contributed by atoms with Crippen molar-refractivity contribution in [2.45, 2.75) is 5.92 Å². The van der Waals surface area contributed by atoms with Crippen molar-refractivity contribution in [3.8, 4) is 0 Å². The molecule has 0 fully saturated rings. The van der Waals surface area contributed by atoms with E-state index in [-0.39, 0.29) is 27.7 Å². The van der Waals surface area contributed by atoms with Crippen LogP contribution in [0.25, 0.3) is 10.9 Å². The van der Waals surface area contributed by atoms with Gasteiger partial charge < -0.3 is 10.3 Å². The van der Waals surface area contributed by atoms with Crippen LogP contribution in [0.15, 0.2) is 72.9 Å². The molecule has 2 aromatic heterocycles. The molecule has 4 rings (SSSR count). The maximum atomic E-state index is 12.7. The van der Waals surface area contributed by atoms with E-state index in [9.17, 15) is 4.79 Å². The van der Waals surface area contributed by atoms with Crippen LogP contribution in [0.5, 0.6) is 0 Å². The third-order valence-corrected chi connectivity index (χ3v) is 5.21. The number of halogens is 2. The third-order valence-electron chi connectivity index (χ3n) is 4.69. The standard InChI is InChI=1S/C22H17Cl2N3O/c23-18-10-11-20(24)27-21(18)22(28)26-12-16(14-6-2-1-3-7-14)17-13-25-19-9-5-4-8-15(17)19/h1-11,13,16,25H,12H2,(H,26,28). The van der Waals surface area contributed by atoms with Crippen LogP contribution in [0, 0.1) is 0 Å². The Kier molecular flexibility index (Phi) is 5.33. The lowest BCUT2D eigenvalue weighted by Crippen LogP contribution is -2.29. The molecule has 1 unspecified atom stereocenters. The smallest absolute Gasteiger partial charge is 0.271 e. The van der Waals surface area contributed by atoms with Gasteiger partial charge in [-0.05, 0) is 29.3 Å². The average Bonchev–Trinajstić information content (AvgIpc) is 3.15. The highest BCUT2D eigenvalue weighted by Gasteiger charge is 2.20. The van der Waals surface area contributed by atoms with E-state index in [1.165, 1.54) is 0 Å². The zero-order valence-electron chi connectivity index (χ0n) is 14.8. The van der Waals surface area contributed by atoms with Gasteiger partial charge in [-0.2, -0.15) is 0 Å². The number of nitrogens with zero attached hydrogens (tertiary/aromatic N) is 1. The molecule has 0 saturated carbocycles. The number of carbonyl (C=O) groups is 1. The topological polar surface area (TPSA) is 57.8 Å². The Balaban J connectivity index is 1.65. The van der Waals surface area contributed by atoms with E-state index in [1.807, 2.05) is 42.6 Å². The van der Waals surface area contributed by atoms with Crippen LogP contribution >= 0.6 is 23.2 Å². The summed E-state index contributed by atoms with van der Waals surface area (Å²) in [4.78, 5) is 20.0. The minimum Gasteiger partial charge on any atom is -0.361 e. The Morgan fingerprint density at radius 1 is 1.00 bits per heavy atom. The molecule has 2 heterocycles. The maximum absolute atomic E-state index is 12.7. The lowest BCUT2D eigenvalue weighted by Gasteiger charge is -2.18. The normalized spacial score (nSPS) is 12.1. The number of rotatable bonds is 5. The summed E-state index contributed by atoms with van der Waals surface area (Å²) in [7, 11) is 0. The summed E-state index contributed by atoms with van der Waals surface area (Å²) < 4.78 is 0. The molecule has 0 saturated heterocycles. The number of aromatic amines is 1. The Hall–Kier alpha value is -2.82. The van der Waals surface area contributed by atoms with Crippen molar-refractivity contribution < 1.29 is 4.79 Å². The number of H-pyrrole nitrogens is 1. The summed E-state index contributed by atoms with van der Waals surface area (Å²) in [5, 5.41) is 4.59. The summed E-state index contributed by atoms with van der Waals surface area (Å²) >= 11 is 12.0. The van der Waals surface area contributed by atoms with Crippen molar-refractivity contribution >= 4 is 40.0 Å². The number of hydrogen-bond donors (Lipinski definition) is 2. The van der Waals surface area contributed by atoms with Crippen LogP contribution in [0.1, 0.15) is 27.5 Å². The van der Waals surface area contributed by atoms with Gasteiger partial charge in [-0.3, -0.25) is 4.79 Å². The molecular weight excluding hydrogens is 393 g/mol. The SMILES string of the molecule is O=C(NCC(c1ccccc1)c1c[nH]c2ccccc12)c1nc(Cl)ccc1Cl. The monoisotopic (exact) mass is 409 g/mol. The minimum atomic E-state index is -0.353. The molecule has 0 bridgehead atoms. The van der Waals surface area contributed by atoms with E-state index < -0.39 is 0 Å². The van der Waals surface area contributed by atoms with Gasteiger partial charge in [-0.1, -0.05) is 71.7 Å². The molecule has 4 nitrogen and oxygen atoms in total. The van der Waals surface area contributed by atoms with E-state index in [1.54, 1.807) is 12.1 Å². The molecule has 1 atom stereocenters. The first-order chi connectivity index (χ1) is 13.6. The predicted octanol–water partition coefficient (Wildman–Crippen LogP) is 5.43. The summed E-state index contributed by atoms with van der Waals surface area (Å²) in [5.41, 5.74) is 3.41. The molecular formula is C22H17Cl2N3O. The number of aromatic nitrogens is 2. The molecule has 0 spiro atoms. The van der Waals surface area contributed by atoms with Gasteiger partial charge in [0.2, 0.25) is 0 Å². The second-order valence-electron chi connectivity index (χ2n) is 6.43. The zero-order chi connectivity index (χ0) is 19.5. The van der Waals surface area contributed by atoms with Gasteiger partial charge in [-0.25, -0.2) is 4.98 Å². The Morgan fingerprint density at radius 2 is 1.75 bits per heavy atom. The van der Waals surface area contributed by atoms with E-state index in [4.69, 9.17) is 23.2 Å². The average molecular weight is 410 g/mol. The van der Waals surface area contributed by atoms with Crippen molar-refractivity contribution in [2.24, 2.45) is 0 Å². The number of carbonyl (C=O) groups excluding carboxylic acids is 1. The molecule has 1 amide bonds. The fourth-order valence-electron chi connectivity index (χ4n) is 3.33. The summed E-state index contributed by atoms with van der Waals surface area (Å²) in [6, 6.07) is 21.3. The fourth-order valence-corrected chi connectivity index (χ4v) is 3.67. The van der Waals surface area contributed by atoms with Crippen LogP contribution in [-0.2, 0) is 0 Å². The van der Waals surface area contributed by atoms with Crippen molar-refractivity contribution in [3.05, 3.63) is 99.9 Å². The first kappa shape index (κ1) is 18.5. The van der Waals surface area contributed by atoms with Crippen molar-refractivity contribution in [3.63, 3.8) is 0 Å². The molecule has 6 heteroatoms. The fraction of sp³-hybridized carbons (Fsp3) is 0.0909. The first-order valence-corrected chi connectivity index (χ1v) is 9.60. The highest BCUT2D eigenvalue weighted by Crippen LogP contribution is 2.30. The van der Waals surface area contributed by atoms with E-state index in [0.717, 1.165) is 22.0 Å². The Morgan fingerprint density at radius 3 is 2.57 bits per heavy atom. The number of amides is 1. The molecule has 4 aromatic rings. The molecule has 140 valence electrons. The number of hydrogen-bond acceptors (Lipinski definition) is 2. The number of para-hydroxylation sites is 1. The number of pyridine rings is 1. The van der Waals surface area contributed by atoms with Crippen molar-refractivity contribution in [1.82, 2.24) is 15.3 Å². The van der Waals surface area contributed by atoms with Gasteiger partial charge in [0.05, 0.1) is 5.02 Å². The quantitative estimate of drug-likeness (QED) is 0.431. The molecule has 2 aromatic carbocycles. The number of fused-ring (bicyclic) bond motifs is 1. The second kappa shape index (κ2) is 8.05. The van der Waals surface area contributed by atoms with E-state index in [2.05, 4.69) is 33.5 Å². The molecule has 0 aliphatic heterocycles. The van der Waals surface area contributed by atoms with E-state index >= 15 is 0 Å². The molecule has 0 aliphatic rings. The first-order valence-electron chi connectivity index (χ1n) is 8.84. The van der Waals surface area contributed by atoms with Gasteiger partial charge in [-0.15, -0.1) is 0 Å². The lowest BCUT2D eigenvalue weighted by atomic mass is 9.91. The summed E-state index contributed by atoms with van der Waals surface area (Å²) in [6.07, 6.45) is 2.00. The van der Waals surface area contributed by atoms with Crippen LogP contribution in [0.3, 0.4) is 0 Å². The van der Waals surface area contributed by atoms with Crippen LogP contribution in [0.2, 0.25) is 10.2 Å². The van der Waals surface area contributed by atoms with Crippen molar-refractivity contribution in [1.29, 1.82) is 0 Å². The minimum absolute atomic E-state index is 0.0285. The zero-order valence-corrected chi connectivity index (χ0v) is 16.3. The predicted molar refractivity (Wildman–Crippen MR) is 113 cm³/mol. The molecule has 28 heavy (non-hydrogen) atoms. The van der Waals surface area contributed by atoms with Crippen LogP contribution in [0.4, 0.5) is 0 Å². The van der Waals surface area contributed by atoms with Gasteiger partial charge >= 0.3 is 0 Å². The summed E-state index contributed by atoms with van der Waals surface area (Å²) in [5.74, 6) is -0.382. The lowest BCUT2D eigenvalue weighted by molar-refractivity contribution is 0.0947. The van der Waals surface area contributed by atoms with Crippen molar-refractivity contribution in [2.75, 3.05) is 6.54 Å². The molecule has 0 aliphatic carbocycles. The highest BCUT2D eigenvalue weighted by atomic mass is 35.5. The molecule has 2 N–H and O–H groups in total. The van der Waals surface area contributed by atoms with Gasteiger partial charge in [0.1, 0.15) is 10.8 Å². The van der Waals surface area contributed by atoms with Crippen LogP contribution in [-0.4, -0.2) is 22.4 Å². The highest BCUT2D eigenvalue weighted by molar-refractivity contribution is 6.34. The third kappa shape index (κ3) is 3.75. The van der Waals surface area contributed by atoms with E-state index in [0.29, 0.717) is 6.54 Å². The number of benzene rings is 2. The van der Waals surface area contributed by atoms with Gasteiger partial charge in [0, 0.05) is 29.6 Å². The number of nitrogens with one attached hydrogen (secondary N) is 2. The maximum Gasteiger partial charge on any atom is 0.271 e. The largest absolute Gasteiger partial charge is 0.361 e. The Bertz CT molecular complexity index is 1130. The second-order valence-corrected chi connectivity index (χ2v) is 7.22. The van der Waals surface area contributed by atoms with Gasteiger partial charge in [0.15, 0.2) is 0 Å². The molecule has 0 radical (unpaired) electrons. The van der Waals surface area contributed by atoms with Crippen LogP contribution < -0.4 is 5.32 Å². The Labute approximate surface area is 172 Å². The van der Waals surface area contributed by atoms with Gasteiger partial charge in [0.25, 0.3) is 5.91 Å².